The molecule has 2 heterocycles. The minimum Gasteiger partial charge on any atom is -0.496 e. The quantitative estimate of drug-likeness (QED) is 0.255. The molecule has 9 heteroatoms. The van der Waals surface area contributed by atoms with Crippen molar-refractivity contribution in [1.82, 2.24) is 0 Å². The number of hydrogen-bond donors (Lipinski definition) is 0. The summed E-state index contributed by atoms with van der Waals surface area (Å²) in [4.78, 5) is 13.6. The van der Waals surface area contributed by atoms with Gasteiger partial charge < -0.3 is 32.8 Å². The fraction of sp³-hybridized carbons (Fsp3) is 0.480. The summed E-state index contributed by atoms with van der Waals surface area (Å²) in [5.74, 6) is 0.364. The first-order chi connectivity index (χ1) is 16.1. The average Bonchev–Trinajstić information content (AvgIpc) is 3.00. The summed E-state index contributed by atoms with van der Waals surface area (Å²) in [5.41, 5.74) is -0.335. The second kappa shape index (κ2) is 9.02. The Morgan fingerprint density at radius 1 is 1.06 bits per heavy atom. The molecule has 1 aromatic heterocycles. The van der Waals surface area contributed by atoms with E-state index in [1.165, 1.54) is 20.3 Å². The topological polar surface area (TPSA) is 85.6 Å². The van der Waals surface area contributed by atoms with Crippen LogP contribution in [0.3, 0.4) is 0 Å². The Hall–Kier alpha value is -2.36. The van der Waals surface area contributed by atoms with Crippen LogP contribution in [0, 0.1) is 0 Å². The van der Waals surface area contributed by atoms with E-state index in [9.17, 15) is 4.79 Å². The lowest BCUT2D eigenvalue weighted by atomic mass is 9.95. The molecule has 1 aliphatic rings. The molecule has 0 spiro atoms. The molecule has 2 atom stereocenters. The van der Waals surface area contributed by atoms with Gasteiger partial charge in [0, 0.05) is 24.6 Å². The molecule has 0 amide bonds. The highest BCUT2D eigenvalue weighted by molar-refractivity contribution is 6.34. The predicted octanol–water partition coefficient (Wildman–Crippen LogP) is 5.12. The Morgan fingerprint density at radius 3 is 2.38 bits per heavy atom. The van der Waals surface area contributed by atoms with Crippen molar-refractivity contribution in [3.63, 3.8) is 0 Å². The van der Waals surface area contributed by atoms with Crippen molar-refractivity contribution >= 4 is 33.3 Å². The van der Waals surface area contributed by atoms with E-state index in [4.69, 9.17) is 44.4 Å². The molecule has 4 rings (SSSR count). The number of rotatable bonds is 7. The van der Waals surface area contributed by atoms with Gasteiger partial charge >= 0.3 is 0 Å². The van der Waals surface area contributed by atoms with Gasteiger partial charge in [0.1, 0.15) is 29.6 Å². The van der Waals surface area contributed by atoms with Crippen LogP contribution in [0.1, 0.15) is 39.0 Å². The van der Waals surface area contributed by atoms with Gasteiger partial charge in [0.05, 0.1) is 42.7 Å². The molecule has 1 saturated heterocycles. The van der Waals surface area contributed by atoms with Gasteiger partial charge in [-0.05, 0) is 39.3 Å². The van der Waals surface area contributed by atoms with Crippen LogP contribution in [0.4, 0.5) is 0 Å². The van der Waals surface area contributed by atoms with Crippen LogP contribution in [0.5, 0.6) is 11.5 Å². The monoisotopic (exact) mass is 492 g/mol. The van der Waals surface area contributed by atoms with Crippen molar-refractivity contribution in [3.8, 4) is 11.5 Å². The normalized spacial score (nSPS) is 21.9. The highest BCUT2D eigenvalue weighted by Gasteiger charge is 2.51. The first kappa shape index (κ1) is 24.8. The maximum atomic E-state index is 13.6. The van der Waals surface area contributed by atoms with Gasteiger partial charge in [-0.3, -0.25) is 4.79 Å². The summed E-state index contributed by atoms with van der Waals surface area (Å²) >= 11 is 6.51. The van der Waals surface area contributed by atoms with Crippen molar-refractivity contribution in [2.24, 2.45) is 0 Å². The van der Waals surface area contributed by atoms with Gasteiger partial charge in [-0.1, -0.05) is 11.6 Å². The van der Waals surface area contributed by atoms with E-state index in [-0.39, 0.29) is 24.9 Å². The lowest BCUT2D eigenvalue weighted by Crippen LogP contribution is -2.33. The van der Waals surface area contributed by atoms with E-state index >= 15 is 0 Å². The number of methoxy groups -OCH3 is 3. The Labute approximate surface area is 202 Å². The van der Waals surface area contributed by atoms with Gasteiger partial charge in [-0.15, -0.1) is 0 Å². The summed E-state index contributed by atoms with van der Waals surface area (Å²) < 4.78 is 40.4. The van der Waals surface area contributed by atoms with Gasteiger partial charge in [-0.25, -0.2) is 0 Å². The zero-order chi connectivity index (χ0) is 24.8. The van der Waals surface area contributed by atoms with Crippen molar-refractivity contribution in [1.29, 1.82) is 0 Å². The third-order valence-corrected chi connectivity index (χ3v) is 6.40. The molecule has 0 saturated carbocycles. The second-order valence-corrected chi connectivity index (χ2v) is 9.26. The SMILES string of the molecule is COCOCc1cc2c(OC)cc(Cl)c(OC)c2c2oc([C@@]3(C)OC(C)(C)O[C@@H]3C)cc(=O)c12. The van der Waals surface area contributed by atoms with Crippen molar-refractivity contribution in [2.75, 3.05) is 28.1 Å². The Morgan fingerprint density at radius 2 is 1.79 bits per heavy atom. The van der Waals surface area contributed by atoms with Gasteiger partial charge in [-0.2, -0.15) is 0 Å². The molecule has 2 aromatic carbocycles. The lowest BCUT2D eigenvalue weighted by Gasteiger charge is -2.26. The maximum absolute atomic E-state index is 13.6. The largest absolute Gasteiger partial charge is 0.496 e. The van der Waals surface area contributed by atoms with E-state index in [1.54, 1.807) is 13.2 Å². The molecule has 184 valence electrons. The molecular weight excluding hydrogens is 464 g/mol. The number of halogens is 1. The number of benzene rings is 2. The molecule has 3 aromatic rings. The molecule has 1 fully saturated rings. The molecule has 1 aliphatic heterocycles. The molecule has 34 heavy (non-hydrogen) atoms. The van der Waals surface area contributed by atoms with Crippen molar-refractivity contribution in [2.45, 2.75) is 51.8 Å². The van der Waals surface area contributed by atoms with Gasteiger partial charge in [0.15, 0.2) is 16.8 Å². The molecule has 8 nitrogen and oxygen atoms in total. The van der Waals surface area contributed by atoms with Crippen molar-refractivity contribution < 1.29 is 32.8 Å². The van der Waals surface area contributed by atoms with Gasteiger partial charge in [0.25, 0.3) is 0 Å². The van der Waals surface area contributed by atoms with E-state index in [0.717, 1.165) is 0 Å². The van der Waals surface area contributed by atoms with Crippen molar-refractivity contribution in [3.05, 3.63) is 44.8 Å². The van der Waals surface area contributed by atoms with E-state index < -0.39 is 11.4 Å². The zero-order valence-corrected chi connectivity index (χ0v) is 21.1. The van der Waals surface area contributed by atoms with Crippen LogP contribution in [-0.4, -0.2) is 40.0 Å². The molecule has 0 bridgehead atoms. The smallest absolute Gasteiger partial charge is 0.193 e. The Balaban J connectivity index is 2.11. The third-order valence-electron chi connectivity index (χ3n) is 6.12. The fourth-order valence-electron chi connectivity index (χ4n) is 4.58. The number of fused-ring (bicyclic) bond motifs is 3. The molecule has 0 N–H and O–H groups in total. The average molecular weight is 493 g/mol. The number of hydrogen-bond acceptors (Lipinski definition) is 8. The van der Waals surface area contributed by atoms with Gasteiger partial charge in [0.2, 0.25) is 0 Å². The molecule has 0 radical (unpaired) electrons. The molecule has 0 unspecified atom stereocenters. The fourth-order valence-corrected chi connectivity index (χ4v) is 4.85. The number of ether oxygens (including phenoxy) is 6. The first-order valence-electron chi connectivity index (χ1n) is 10.9. The minimum atomic E-state index is -0.998. The summed E-state index contributed by atoms with van der Waals surface area (Å²) in [6.45, 7) is 7.56. The summed E-state index contributed by atoms with van der Waals surface area (Å²) in [6, 6.07) is 4.93. The lowest BCUT2D eigenvalue weighted by molar-refractivity contribution is -0.164. The zero-order valence-electron chi connectivity index (χ0n) is 20.4. The maximum Gasteiger partial charge on any atom is 0.193 e. The predicted molar refractivity (Wildman–Crippen MR) is 128 cm³/mol. The summed E-state index contributed by atoms with van der Waals surface area (Å²) in [5, 5.41) is 1.86. The van der Waals surface area contributed by atoms with Crippen LogP contribution in [-0.2, 0) is 31.2 Å². The summed E-state index contributed by atoms with van der Waals surface area (Å²) in [7, 11) is 4.59. The highest BCUT2D eigenvalue weighted by atomic mass is 35.5. The van der Waals surface area contributed by atoms with E-state index in [1.807, 2.05) is 33.8 Å². The highest BCUT2D eigenvalue weighted by Crippen LogP contribution is 2.47. The van der Waals surface area contributed by atoms with Crippen LogP contribution >= 0.6 is 11.6 Å². The summed E-state index contributed by atoms with van der Waals surface area (Å²) in [6.07, 6.45) is -0.373. The van der Waals surface area contributed by atoms with Crippen LogP contribution < -0.4 is 14.9 Å². The Kier molecular flexibility index (Phi) is 6.56. The van der Waals surface area contributed by atoms with E-state index in [2.05, 4.69) is 0 Å². The standard InChI is InChI=1S/C25H29ClO8/c1-13-25(4,34-24(2,3)33-13)19-10-17(27)20-14(11-31-12-28-5)8-15-18(29-6)9-16(26)22(30-7)21(15)23(20)32-19/h8-10,13H,11-12H2,1-7H3/t13-,25+/m1/s1. The second-order valence-electron chi connectivity index (χ2n) is 8.86. The molecule has 0 aliphatic carbocycles. The van der Waals surface area contributed by atoms with Crippen LogP contribution in [0.15, 0.2) is 27.4 Å². The Bertz CT molecular complexity index is 1300. The third kappa shape index (κ3) is 4.03. The van der Waals surface area contributed by atoms with Crippen LogP contribution in [0.25, 0.3) is 21.7 Å². The van der Waals surface area contributed by atoms with E-state index in [0.29, 0.717) is 49.6 Å². The van der Waals surface area contributed by atoms with Crippen LogP contribution in [0.2, 0.25) is 5.02 Å². The first-order valence-corrected chi connectivity index (χ1v) is 11.2. The minimum absolute atomic E-state index is 0.0693. The molecular formula is C25H29ClO8.